The van der Waals surface area contributed by atoms with E-state index >= 15 is 0 Å². The second-order valence-electron chi connectivity index (χ2n) is 9.28. The molecule has 6 nitrogen and oxygen atoms in total. The van der Waals surface area contributed by atoms with Crippen molar-refractivity contribution in [1.82, 2.24) is 5.32 Å². The van der Waals surface area contributed by atoms with Gasteiger partial charge in [-0.1, -0.05) is 58.0 Å². The minimum atomic E-state index is -0.123. The number of amides is 1. The number of amidine groups is 1. The van der Waals surface area contributed by atoms with Crippen LogP contribution in [0.3, 0.4) is 0 Å². The Morgan fingerprint density at radius 2 is 1.77 bits per heavy atom. The second-order valence-corrected chi connectivity index (χ2v) is 11.2. The number of nitrogens with zero attached hydrogens (tertiary/aromatic N) is 1. The van der Waals surface area contributed by atoms with Crippen molar-refractivity contribution in [3.05, 3.63) is 105 Å². The first-order chi connectivity index (χ1) is 19.0. The van der Waals surface area contributed by atoms with Gasteiger partial charge in [-0.25, -0.2) is 4.99 Å². The molecule has 0 fully saturated rings. The van der Waals surface area contributed by atoms with Gasteiger partial charge in [0.15, 0.2) is 5.17 Å². The summed E-state index contributed by atoms with van der Waals surface area (Å²) in [4.78, 5) is 17.8. The number of carbonyl (C=O) groups excluding carboxylic acids is 1. The first-order valence-electron chi connectivity index (χ1n) is 12.8. The van der Waals surface area contributed by atoms with Crippen LogP contribution >= 0.6 is 27.7 Å². The van der Waals surface area contributed by atoms with Crippen molar-refractivity contribution in [3.8, 4) is 11.5 Å². The highest BCUT2D eigenvalue weighted by Gasteiger charge is 2.30. The summed E-state index contributed by atoms with van der Waals surface area (Å²) >= 11 is 4.87. The van der Waals surface area contributed by atoms with Gasteiger partial charge in [-0.3, -0.25) is 4.79 Å². The normalized spacial score (nSPS) is 17.7. The molecule has 2 N–H and O–H groups in total. The van der Waals surface area contributed by atoms with E-state index in [2.05, 4.69) is 56.9 Å². The molecule has 1 aliphatic heterocycles. The lowest BCUT2D eigenvalue weighted by molar-refractivity contribution is -0.113. The summed E-state index contributed by atoms with van der Waals surface area (Å²) in [5.74, 6) is 1.81. The molecule has 5 rings (SSSR count). The van der Waals surface area contributed by atoms with Crippen LogP contribution in [0.15, 0.2) is 99.1 Å². The van der Waals surface area contributed by atoms with Crippen molar-refractivity contribution in [2.45, 2.75) is 25.3 Å². The van der Waals surface area contributed by atoms with E-state index in [9.17, 15) is 4.79 Å². The van der Waals surface area contributed by atoms with Gasteiger partial charge >= 0.3 is 0 Å². The number of methoxy groups -OCH3 is 2. The van der Waals surface area contributed by atoms with Crippen LogP contribution < -0.4 is 20.1 Å². The molecule has 1 heterocycles. The number of hydrogen-bond donors (Lipinski definition) is 2. The molecule has 0 saturated heterocycles. The van der Waals surface area contributed by atoms with Crippen molar-refractivity contribution in [3.63, 3.8) is 0 Å². The van der Waals surface area contributed by atoms with Gasteiger partial charge in [-0.2, -0.15) is 0 Å². The van der Waals surface area contributed by atoms with Gasteiger partial charge in [0, 0.05) is 15.9 Å². The fourth-order valence-electron chi connectivity index (χ4n) is 4.77. The second kappa shape index (κ2) is 12.6. The quantitative estimate of drug-likeness (QED) is 0.295. The number of anilines is 1. The molecule has 39 heavy (non-hydrogen) atoms. The zero-order chi connectivity index (χ0) is 27.2. The molecule has 3 aromatic carbocycles. The maximum absolute atomic E-state index is 12.8. The zero-order valence-corrected chi connectivity index (χ0v) is 24.3. The summed E-state index contributed by atoms with van der Waals surface area (Å²) < 4.78 is 11.6. The number of halogens is 1. The van der Waals surface area contributed by atoms with E-state index in [1.165, 1.54) is 22.9 Å². The molecular weight excluding hydrogens is 574 g/mol. The number of ether oxygens (including phenoxy) is 2. The van der Waals surface area contributed by atoms with E-state index in [-0.39, 0.29) is 17.7 Å². The van der Waals surface area contributed by atoms with Crippen molar-refractivity contribution >= 4 is 50.5 Å². The maximum atomic E-state index is 12.8. The molecule has 0 spiro atoms. The SMILES string of the molecule is COc1ccc(C=C2CCCC3=C2NC(SCC(=O)Nc2cccc(Br)c2)=NC3c2ccc(OC)cc2)cc1. The molecule has 0 aromatic heterocycles. The van der Waals surface area contributed by atoms with E-state index < -0.39 is 0 Å². The standard InChI is InChI=1S/C31H30BrN3O3S/c1-37-25-13-9-20(10-14-25)17-22-5-3-8-27-29(21-11-15-26(38-2)16-12-21)34-31(35-30(22)27)39-19-28(36)33-24-7-4-6-23(32)18-24/h4,6-7,9-18,29H,3,5,8,19H2,1-2H3,(H,33,36)(H,34,35). The monoisotopic (exact) mass is 603 g/mol. The minimum absolute atomic E-state index is 0.0824. The zero-order valence-electron chi connectivity index (χ0n) is 21.9. The average molecular weight is 605 g/mol. The predicted molar refractivity (Wildman–Crippen MR) is 163 cm³/mol. The molecule has 0 bridgehead atoms. The van der Waals surface area contributed by atoms with Crippen LogP contribution in [0.4, 0.5) is 5.69 Å². The van der Waals surface area contributed by atoms with E-state index in [4.69, 9.17) is 14.5 Å². The summed E-state index contributed by atoms with van der Waals surface area (Å²) in [5, 5.41) is 7.29. The lowest BCUT2D eigenvalue weighted by Gasteiger charge is -2.33. The van der Waals surface area contributed by atoms with Crippen LogP contribution in [0.1, 0.15) is 36.4 Å². The van der Waals surface area contributed by atoms with E-state index in [1.807, 2.05) is 48.5 Å². The Kier molecular flexibility index (Phi) is 8.74. The van der Waals surface area contributed by atoms with Gasteiger partial charge < -0.3 is 20.1 Å². The summed E-state index contributed by atoms with van der Waals surface area (Å²) in [6, 6.07) is 23.7. The summed E-state index contributed by atoms with van der Waals surface area (Å²) in [6.45, 7) is 0. The highest BCUT2D eigenvalue weighted by molar-refractivity contribution is 9.10. The number of benzene rings is 3. The Labute approximate surface area is 241 Å². The molecule has 1 unspecified atom stereocenters. The van der Waals surface area contributed by atoms with Crippen molar-refractivity contribution in [2.24, 2.45) is 4.99 Å². The number of nitrogens with one attached hydrogen (secondary N) is 2. The van der Waals surface area contributed by atoms with Crippen molar-refractivity contribution < 1.29 is 14.3 Å². The van der Waals surface area contributed by atoms with Gasteiger partial charge in [-0.15, -0.1) is 0 Å². The van der Waals surface area contributed by atoms with Gasteiger partial charge in [0.2, 0.25) is 5.91 Å². The van der Waals surface area contributed by atoms with Gasteiger partial charge in [0.05, 0.1) is 20.0 Å². The number of allylic oxidation sites excluding steroid dienone is 1. The molecule has 2 aliphatic rings. The number of aliphatic imine (C=N–C) groups is 1. The molecule has 8 heteroatoms. The van der Waals surface area contributed by atoms with E-state index in [0.29, 0.717) is 0 Å². The minimum Gasteiger partial charge on any atom is -0.497 e. The number of hydrogen-bond acceptors (Lipinski definition) is 6. The predicted octanol–water partition coefficient (Wildman–Crippen LogP) is 7.36. The number of rotatable bonds is 7. The molecule has 0 saturated carbocycles. The molecule has 1 aliphatic carbocycles. The summed E-state index contributed by atoms with van der Waals surface area (Å²) in [5.41, 5.74) is 6.61. The highest BCUT2D eigenvalue weighted by Crippen LogP contribution is 2.42. The van der Waals surface area contributed by atoms with Gasteiger partial charge in [0.25, 0.3) is 0 Å². The molecular formula is C31H30BrN3O3S. The van der Waals surface area contributed by atoms with Crippen LogP contribution in [0.25, 0.3) is 6.08 Å². The van der Waals surface area contributed by atoms with Crippen LogP contribution in [-0.2, 0) is 4.79 Å². The highest BCUT2D eigenvalue weighted by atomic mass is 79.9. The van der Waals surface area contributed by atoms with Crippen LogP contribution in [-0.4, -0.2) is 31.0 Å². The Morgan fingerprint density at radius 3 is 2.46 bits per heavy atom. The summed E-state index contributed by atoms with van der Waals surface area (Å²) in [7, 11) is 3.35. The Balaban J connectivity index is 1.41. The third-order valence-corrected chi connectivity index (χ3v) is 8.06. The molecule has 3 aromatic rings. The third-order valence-electron chi connectivity index (χ3n) is 6.68. The average Bonchev–Trinajstić information content (AvgIpc) is 2.96. The van der Waals surface area contributed by atoms with Crippen molar-refractivity contribution in [1.29, 1.82) is 0 Å². The Hall–Kier alpha value is -3.49. The first-order valence-corrected chi connectivity index (χ1v) is 14.6. The van der Waals surface area contributed by atoms with Crippen LogP contribution in [0.5, 0.6) is 11.5 Å². The van der Waals surface area contributed by atoms with E-state index in [1.54, 1.807) is 14.2 Å². The number of carbonyl (C=O) groups is 1. The largest absolute Gasteiger partial charge is 0.497 e. The number of thioether (sulfide) groups is 1. The van der Waals surface area contributed by atoms with Gasteiger partial charge in [-0.05, 0) is 90.1 Å². The molecule has 1 atom stereocenters. The topological polar surface area (TPSA) is 72.0 Å². The smallest absolute Gasteiger partial charge is 0.234 e. The third kappa shape index (κ3) is 6.75. The molecule has 1 amide bonds. The lowest BCUT2D eigenvalue weighted by atomic mass is 9.84. The molecule has 200 valence electrons. The Bertz CT molecular complexity index is 1430. The summed E-state index contributed by atoms with van der Waals surface area (Å²) in [6.07, 6.45) is 5.22. The lowest BCUT2D eigenvalue weighted by Crippen LogP contribution is -2.32. The van der Waals surface area contributed by atoms with Crippen LogP contribution in [0.2, 0.25) is 0 Å². The fourth-order valence-corrected chi connectivity index (χ4v) is 5.87. The Morgan fingerprint density at radius 1 is 1.05 bits per heavy atom. The van der Waals surface area contributed by atoms with Crippen LogP contribution in [0, 0.1) is 0 Å². The van der Waals surface area contributed by atoms with Gasteiger partial charge in [0.1, 0.15) is 17.5 Å². The first kappa shape index (κ1) is 27.1. The van der Waals surface area contributed by atoms with Crippen molar-refractivity contribution in [2.75, 3.05) is 25.3 Å². The fraction of sp³-hybridized carbons (Fsp3) is 0.226. The maximum Gasteiger partial charge on any atom is 0.234 e. The van der Waals surface area contributed by atoms with E-state index in [0.717, 1.165) is 62.9 Å². The molecule has 0 radical (unpaired) electrons.